The van der Waals surface area contributed by atoms with Gasteiger partial charge in [-0.2, -0.15) is 0 Å². The molecule has 1 amide bonds. The molecule has 0 saturated heterocycles. The molecule has 2 rings (SSSR count). The standard InChI is InChI=1S/C12H12N4OS/c13-9-2-4-10(5-3-9)18-8-11(17)16-12-14-6-1-7-15-12/h1-7H,8,13H2,(H,14,15,16,17). The van der Waals surface area contributed by atoms with Crippen molar-refractivity contribution in [3.63, 3.8) is 0 Å². The molecule has 0 atom stereocenters. The number of amides is 1. The van der Waals surface area contributed by atoms with Crippen LogP contribution in [0, 0.1) is 0 Å². The molecule has 1 aromatic carbocycles. The maximum absolute atomic E-state index is 11.6. The Hall–Kier alpha value is -2.08. The van der Waals surface area contributed by atoms with Crippen LogP contribution in [0.1, 0.15) is 0 Å². The van der Waals surface area contributed by atoms with E-state index in [-0.39, 0.29) is 5.91 Å². The van der Waals surface area contributed by atoms with Crippen molar-refractivity contribution < 1.29 is 4.79 Å². The third kappa shape index (κ3) is 3.74. The van der Waals surface area contributed by atoms with Gasteiger partial charge in [0.05, 0.1) is 5.75 Å². The summed E-state index contributed by atoms with van der Waals surface area (Å²) >= 11 is 1.43. The van der Waals surface area contributed by atoms with Gasteiger partial charge in [0.25, 0.3) is 0 Å². The number of nitrogens with two attached hydrogens (primary N) is 1. The van der Waals surface area contributed by atoms with E-state index in [2.05, 4.69) is 15.3 Å². The summed E-state index contributed by atoms with van der Waals surface area (Å²) in [7, 11) is 0. The quantitative estimate of drug-likeness (QED) is 0.647. The van der Waals surface area contributed by atoms with Crippen LogP contribution in [0.3, 0.4) is 0 Å². The minimum Gasteiger partial charge on any atom is -0.399 e. The molecule has 0 fully saturated rings. The molecule has 92 valence electrons. The highest BCUT2D eigenvalue weighted by Crippen LogP contribution is 2.19. The molecule has 0 aliphatic carbocycles. The molecule has 0 unspecified atom stereocenters. The summed E-state index contributed by atoms with van der Waals surface area (Å²) in [5.74, 6) is 0.491. The van der Waals surface area contributed by atoms with Crippen molar-refractivity contribution in [1.82, 2.24) is 9.97 Å². The number of benzene rings is 1. The number of carbonyl (C=O) groups is 1. The van der Waals surface area contributed by atoms with E-state index in [0.717, 1.165) is 4.90 Å². The van der Waals surface area contributed by atoms with Gasteiger partial charge in [0.15, 0.2) is 0 Å². The maximum Gasteiger partial charge on any atom is 0.237 e. The number of nitrogens with zero attached hydrogens (tertiary/aromatic N) is 2. The first kappa shape index (κ1) is 12.4. The number of rotatable bonds is 4. The van der Waals surface area contributed by atoms with Crippen molar-refractivity contribution in [2.75, 3.05) is 16.8 Å². The Morgan fingerprint density at radius 1 is 1.22 bits per heavy atom. The first-order valence-electron chi connectivity index (χ1n) is 5.29. The summed E-state index contributed by atoms with van der Waals surface area (Å²) in [4.78, 5) is 20.4. The molecule has 0 spiro atoms. The predicted molar refractivity (Wildman–Crippen MR) is 72.2 cm³/mol. The van der Waals surface area contributed by atoms with E-state index in [1.54, 1.807) is 30.6 Å². The zero-order valence-electron chi connectivity index (χ0n) is 9.54. The molecule has 2 aromatic rings. The molecule has 0 aliphatic heterocycles. The van der Waals surface area contributed by atoms with Crippen molar-refractivity contribution >= 4 is 29.3 Å². The highest BCUT2D eigenvalue weighted by atomic mass is 32.2. The van der Waals surface area contributed by atoms with Crippen molar-refractivity contribution in [3.8, 4) is 0 Å². The number of anilines is 2. The summed E-state index contributed by atoms with van der Waals surface area (Å²) in [6.45, 7) is 0. The smallest absolute Gasteiger partial charge is 0.237 e. The van der Waals surface area contributed by atoms with Gasteiger partial charge < -0.3 is 5.73 Å². The minimum atomic E-state index is -0.136. The van der Waals surface area contributed by atoms with Gasteiger partial charge in [-0.25, -0.2) is 9.97 Å². The highest BCUT2D eigenvalue weighted by Gasteiger charge is 2.04. The number of nitrogens with one attached hydrogen (secondary N) is 1. The highest BCUT2D eigenvalue weighted by molar-refractivity contribution is 8.00. The topological polar surface area (TPSA) is 80.9 Å². The monoisotopic (exact) mass is 260 g/mol. The molecule has 0 aliphatic rings. The third-order valence-corrected chi connectivity index (χ3v) is 3.08. The minimum absolute atomic E-state index is 0.136. The van der Waals surface area contributed by atoms with E-state index in [0.29, 0.717) is 17.4 Å². The lowest BCUT2D eigenvalue weighted by atomic mass is 10.3. The van der Waals surface area contributed by atoms with E-state index in [4.69, 9.17) is 5.73 Å². The van der Waals surface area contributed by atoms with Crippen LogP contribution in [0.4, 0.5) is 11.6 Å². The van der Waals surface area contributed by atoms with E-state index in [1.165, 1.54) is 11.8 Å². The summed E-state index contributed by atoms with van der Waals surface area (Å²) in [6, 6.07) is 9.07. The van der Waals surface area contributed by atoms with Gasteiger partial charge in [0, 0.05) is 23.0 Å². The molecular weight excluding hydrogens is 248 g/mol. The number of thioether (sulfide) groups is 1. The predicted octanol–water partition coefficient (Wildman–Crippen LogP) is 1.79. The Kier molecular flexibility index (Phi) is 4.14. The van der Waals surface area contributed by atoms with E-state index in [1.807, 2.05) is 12.1 Å². The van der Waals surface area contributed by atoms with Gasteiger partial charge in [0.1, 0.15) is 0 Å². The fourth-order valence-electron chi connectivity index (χ4n) is 1.24. The zero-order chi connectivity index (χ0) is 12.8. The fraction of sp³-hybridized carbons (Fsp3) is 0.0833. The van der Waals surface area contributed by atoms with Gasteiger partial charge in [-0.1, -0.05) is 0 Å². The van der Waals surface area contributed by atoms with E-state index >= 15 is 0 Å². The van der Waals surface area contributed by atoms with Gasteiger partial charge >= 0.3 is 0 Å². The number of hydrogen-bond donors (Lipinski definition) is 2. The van der Waals surface area contributed by atoms with Gasteiger partial charge in [-0.05, 0) is 30.3 Å². The van der Waals surface area contributed by atoms with Crippen LogP contribution in [0.25, 0.3) is 0 Å². The second kappa shape index (κ2) is 6.02. The van der Waals surface area contributed by atoms with Crippen LogP contribution >= 0.6 is 11.8 Å². The average molecular weight is 260 g/mol. The molecule has 6 heteroatoms. The molecular formula is C12H12N4OS. The molecule has 18 heavy (non-hydrogen) atoms. The Bertz CT molecular complexity index is 515. The lowest BCUT2D eigenvalue weighted by Crippen LogP contribution is -2.15. The Balaban J connectivity index is 1.83. The van der Waals surface area contributed by atoms with Gasteiger partial charge in [-0.15, -0.1) is 11.8 Å². The molecule has 3 N–H and O–H groups in total. The average Bonchev–Trinajstić information content (AvgIpc) is 2.39. The largest absolute Gasteiger partial charge is 0.399 e. The number of carbonyl (C=O) groups excluding carboxylic acids is 1. The summed E-state index contributed by atoms with van der Waals surface area (Å²) in [5, 5.41) is 2.62. The molecule has 5 nitrogen and oxygen atoms in total. The molecule has 1 heterocycles. The Morgan fingerprint density at radius 2 is 1.89 bits per heavy atom. The van der Waals surface area contributed by atoms with E-state index in [9.17, 15) is 4.79 Å². The fourth-order valence-corrected chi connectivity index (χ4v) is 1.94. The summed E-state index contributed by atoms with van der Waals surface area (Å²) in [6.07, 6.45) is 3.16. The van der Waals surface area contributed by atoms with Crippen LogP contribution < -0.4 is 11.1 Å². The third-order valence-electron chi connectivity index (χ3n) is 2.07. The SMILES string of the molecule is Nc1ccc(SCC(=O)Nc2ncccn2)cc1. The maximum atomic E-state index is 11.6. The van der Waals surface area contributed by atoms with Crippen molar-refractivity contribution in [1.29, 1.82) is 0 Å². The molecule has 0 radical (unpaired) electrons. The zero-order valence-corrected chi connectivity index (χ0v) is 10.4. The van der Waals surface area contributed by atoms with Gasteiger partial charge in [0.2, 0.25) is 11.9 Å². The second-order valence-electron chi connectivity index (χ2n) is 3.48. The molecule has 1 aromatic heterocycles. The van der Waals surface area contributed by atoms with Crippen LogP contribution in [-0.4, -0.2) is 21.6 Å². The Morgan fingerprint density at radius 3 is 2.56 bits per heavy atom. The van der Waals surface area contributed by atoms with Gasteiger partial charge in [-0.3, -0.25) is 10.1 Å². The van der Waals surface area contributed by atoms with Crippen LogP contribution in [0.2, 0.25) is 0 Å². The number of hydrogen-bond acceptors (Lipinski definition) is 5. The van der Waals surface area contributed by atoms with Crippen LogP contribution in [-0.2, 0) is 4.79 Å². The summed E-state index contributed by atoms with van der Waals surface area (Å²) < 4.78 is 0. The van der Waals surface area contributed by atoms with Crippen molar-refractivity contribution in [2.24, 2.45) is 0 Å². The molecule has 0 bridgehead atoms. The normalized spacial score (nSPS) is 10.0. The van der Waals surface area contributed by atoms with Crippen LogP contribution in [0.5, 0.6) is 0 Å². The Labute approximate surface area is 109 Å². The summed E-state index contributed by atoms with van der Waals surface area (Å²) in [5.41, 5.74) is 6.29. The lowest BCUT2D eigenvalue weighted by Gasteiger charge is -2.03. The lowest BCUT2D eigenvalue weighted by molar-refractivity contribution is -0.113. The van der Waals surface area contributed by atoms with Crippen molar-refractivity contribution in [2.45, 2.75) is 4.90 Å². The molecule has 0 saturated carbocycles. The number of aromatic nitrogens is 2. The second-order valence-corrected chi connectivity index (χ2v) is 4.53. The number of nitrogen functional groups attached to an aromatic ring is 1. The van der Waals surface area contributed by atoms with Crippen LogP contribution in [0.15, 0.2) is 47.6 Å². The first-order chi connectivity index (χ1) is 8.74. The van der Waals surface area contributed by atoms with Crippen molar-refractivity contribution in [3.05, 3.63) is 42.7 Å². The van der Waals surface area contributed by atoms with E-state index < -0.39 is 0 Å². The first-order valence-corrected chi connectivity index (χ1v) is 6.28.